The van der Waals surface area contributed by atoms with Crippen molar-refractivity contribution in [3.8, 4) is 0 Å². The van der Waals surface area contributed by atoms with Gasteiger partial charge in [-0.1, -0.05) is 38.9 Å². The maximum atomic E-state index is 5.94. The fourth-order valence-electron chi connectivity index (χ4n) is 1.86. The Bertz CT molecular complexity index is 283. The number of hydrogen-bond donors (Lipinski definition) is 0. The zero-order valence-electron chi connectivity index (χ0n) is 8.62. The van der Waals surface area contributed by atoms with E-state index in [9.17, 15) is 0 Å². The van der Waals surface area contributed by atoms with Crippen molar-refractivity contribution in [3.63, 3.8) is 0 Å². The normalized spacial score (nSPS) is 28.6. The topological polar surface area (TPSA) is 9.23 Å². The average molecular weight is 224 g/mol. The van der Waals surface area contributed by atoms with E-state index in [1.807, 2.05) is 0 Å². The van der Waals surface area contributed by atoms with Gasteiger partial charge >= 0.3 is 0 Å². The second kappa shape index (κ2) is 4.56. The Balaban J connectivity index is 2.02. The largest absolute Gasteiger partial charge is 0.375 e. The molecule has 0 saturated carbocycles. The van der Waals surface area contributed by atoms with Crippen LogP contribution in [0.15, 0.2) is 30.3 Å². The summed E-state index contributed by atoms with van der Waals surface area (Å²) in [5.41, 5.74) is 0. The summed E-state index contributed by atoms with van der Waals surface area (Å²) in [5.74, 6) is 0. The van der Waals surface area contributed by atoms with E-state index in [0.717, 1.165) is 25.4 Å². The van der Waals surface area contributed by atoms with Gasteiger partial charge in [-0.3, -0.25) is 0 Å². The highest BCUT2D eigenvalue weighted by atomic mass is 31.1. The Labute approximate surface area is 90.4 Å². The van der Waals surface area contributed by atoms with E-state index in [4.69, 9.17) is 4.74 Å². The molecular weight excluding hydrogens is 207 g/mol. The van der Waals surface area contributed by atoms with E-state index >= 15 is 0 Å². The summed E-state index contributed by atoms with van der Waals surface area (Å²) in [7, 11) is 2.00. The molecule has 2 unspecified atom stereocenters. The van der Waals surface area contributed by atoms with E-state index in [2.05, 4.69) is 30.3 Å². The van der Waals surface area contributed by atoms with Crippen LogP contribution in [0.1, 0.15) is 19.3 Å². The number of ether oxygens (including phenoxy) is 1. The Morgan fingerprint density at radius 2 is 2.00 bits per heavy atom. The van der Waals surface area contributed by atoms with E-state index in [1.165, 1.54) is 24.6 Å². The van der Waals surface area contributed by atoms with Gasteiger partial charge in [0.05, 0.1) is 4.97 Å². The zero-order valence-corrected chi connectivity index (χ0v) is 11.6. The van der Waals surface area contributed by atoms with Crippen LogP contribution in [0.3, 0.4) is 0 Å². The summed E-state index contributed by atoms with van der Waals surface area (Å²) < 4.78 is 5.94. The SMILES string of the molecule is [SiH3]C1(Pc2ccccc2)CCCCO1. The Hall–Kier alpha value is -0.173. The van der Waals surface area contributed by atoms with Crippen molar-refractivity contribution in [3.05, 3.63) is 30.3 Å². The van der Waals surface area contributed by atoms with Crippen LogP contribution < -0.4 is 5.30 Å². The minimum atomic E-state index is 0.250. The summed E-state index contributed by atoms with van der Waals surface area (Å²) in [4.78, 5) is 0.250. The first-order chi connectivity index (χ1) is 6.79. The molecule has 14 heavy (non-hydrogen) atoms. The van der Waals surface area contributed by atoms with Gasteiger partial charge < -0.3 is 4.74 Å². The zero-order chi connectivity index (χ0) is 9.86. The third kappa shape index (κ3) is 2.66. The highest BCUT2D eigenvalue weighted by Gasteiger charge is 2.27. The third-order valence-electron chi connectivity index (χ3n) is 2.65. The van der Waals surface area contributed by atoms with Crippen molar-refractivity contribution in [2.24, 2.45) is 0 Å². The Kier molecular flexibility index (Phi) is 3.37. The molecule has 1 aromatic carbocycles. The van der Waals surface area contributed by atoms with Crippen LogP contribution in [-0.4, -0.2) is 21.8 Å². The van der Waals surface area contributed by atoms with E-state index in [-0.39, 0.29) is 4.97 Å². The first-order valence-corrected chi connectivity index (χ1v) is 7.26. The molecule has 0 aromatic heterocycles. The minimum absolute atomic E-state index is 0.250. The second-order valence-electron chi connectivity index (χ2n) is 4.03. The predicted molar refractivity (Wildman–Crippen MR) is 66.9 cm³/mol. The minimum Gasteiger partial charge on any atom is -0.375 e. The van der Waals surface area contributed by atoms with Gasteiger partial charge in [0, 0.05) is 16.8 Å². The van der Waals surface area contributed by atoms with Crippen LogP contribution >= 0.6 is 8.58 Å². The van der Waals surface area contributed by atoms with E-state index in [1.54, 1.807) is 0 Å². The highest BCUT2D eigenvalue weighted by molar-refractivity contribution is 7.50. The molecule has 0 radical (unpaired) electrons. The molecule has 1 aliphatic rings. The molecule has 1 aliphatic heterocycles. The maximum Gasteiger partial charge on any atom is 0.0678 e. The van der Waals surface area contributed by atoms with Crippen molar-refractivity contribution < 1.29 is 4.74 Å². The summed E-state index contributed by atoms with van der Waals surface area (Å²) in [6.45, 7) is 0.976. The van der Waals surface area contributed by atoms with Crippen LogP contribution in [0.2, 0.25) is 0 Å². The van der Waals surface area contributed by atoms with E-state index < -0.39 is 0 Å². The van der Waals surface area contributed by atoms with Crippen molar-refractivity contribution in [1.29, 1.82) is 0 Å². The highest BCUT2D eigenvalue weighted by Crippen LogP contribution is 2.36. The molecule has 1 aromatic rings. The van der Waals surface area contributed by atoms with Crippen LogP contribution in [0.4, 0.5) is 0 Å². The van der Waals surface area contributed by atoms with Crippen LogP contribution in [-0.2, 0) is 4.74 Å². The van der Waals surface area contributed by atoms with Crippen LogP contribution in [0.5, 0.6) is 0 Å². The lowest BCUT2D eigenvalue weighted by Crippen LogP contribution is -2.33. The molecule has 2 atom stereocenters. The lowest BCUT2D eigenvalue weighted by molar-refractivity contribution is 0.0424. The van der Waals surface area contributed by atoms with Crippen LogP contribution in [0, 0.1) is 0 Å². The summed E-state index contributed by atoms with van der Waals surface area (Å²) in [5, 5.41) is 1.45. The first-order valence-electron chi connectivity index (χ1n) is 5.26. The quantitative estimate of drug-likeness (QED) is 0.542. The molecule has 1 saturated heterocycles. The van der Waals surface area contributed by atoms with Crippen molar-refractivity contribution in [1.82, 2.24) is 0 Å². The molecule has 0 bridgehead atoms. The van der Waals surface area contributed by atoms with Crippen molar-refractivity contribution >= 4 is 24.1 Å². The molecule has 2 rings (SSSR count). The molecule has 76 valence electrons. The smallest absolute Gasteiger partial charge is 0.0678 e. The van der Waals surface area contributed by atoms with Gasteiger partial charge in [-0.05, 0) is 24.6 Å². The van der Waals surface area contributed by atoms with Gasteiger partial charge in [-0.15, -0.1) is 0 Å². The third-order valence-corrected chi connectivity index (χ3v) is 5.74. The maximum absolute atomic E-state index is 5.94. The second-order valence-corrected chi connectivity index (χ2v) is 8.53. The molecule has 0 aliphatic carbocycles. The Morgan fingerprint density at radius 3 is 2.64 bits per heavy atom. The predicted octanol–water partition coefficient (Wildman–Crippen LogP) is 1.21. The van der Waals surface area contributed by atoms with E-state index in [0.29, 0.717) is 0 Å². The molecule has 0 N–H and O–H groups in total. The van der Waals surface area contributed by atoms with Gasteiger partial charge in [-0.2, -0.15) is 0 Å². The van der Waals surface area contributed by atoms with Gasteiger partial charge in [-0.25, -0.2) is 0 Å². The molecule has 0 amide bonds. The van der Waals surface area contributed by atoms with Gasteiger partial charge in [0.2, 0.25) is 0 Å². The molecule has 1 nitrogen and oxygen atoms in total. The molecule has 0 spiro atoms. The van der Waals surface area contributed by atoms with Crippen molar-refractivity contribution in [2.75, 3.05) is 6.61 Å². The first kappa shape index (κ1) is 10.3. The molecule has 3 heteroatoms. The van der Waals surface area contributed by atoms with Crippen molar-refractivity contribution in [2.45, 2.75) is 24.2 Å². The van der Waals surface area contributed by atoms with Crippen LogP contribution in [0.25, 0.3) is 0 Å². The lowest BCUT2D eigenvalue weighted by atomic mass is 10.2. The van der Waals surface area contributed by atoms with Gasteiger partial charge in [0.1, 0.15) is 0 Å². The molecule has 1 heterocycles. The summed E-state index contributed by atoms with van der Waals surface area (Å²) in [6, 6.07) is 10.8. The van der Waals surface area contributed by atoms with Gasteiger partial charge in [0.15, 0.2) is 0 Å². The number of benzene rings is 1. The monoisotopic (exact) mass is 224 g/mol. The number of rotatable bonds is 2. The Morgan fingerprint density at radius 1 is 1.21 bits per heavy atom. The summed E-state index contributed by atoms with van der Waals surface area (Å²) in [6.07, 6.45) is 3.87. The number of hydrogen-bond acceptors (Lipinski definition) is 1. The molecule has 1 fully saturated rings. The summed E-state index contributed by atoms with van der Waals surface area (Å²) >= 11 is 0. The fourth-order valence-corrected chi connectivity index (χ4v) is 4.73. The standard InChI is InChI=1S/C11H17OPSi/c14-11(8-4-5-9-12-11)13-10-6-2-1-3-7-10/h1-3,6-7,13H,4-5,8-9H2,14H3. The average Bonchev–Trinajstić information content (AvgIpc) is 2.19. The fraction of sp³-hybridized carbons (Fsp3) is 0.455. The molecular formula is C11H17OPSi. The van der Waals surface area contributed by atoms with Gasteiger partial charge in [0.25, 0.3) is 0 Å². The lowest BCUT2D eigenvalue weighted by Gasteiger charge is -2.34.